The van der Waals surface area contributed by atoms with E-state index in [4.69, 9.17) is 4.74 Å². The Morgan fingerprint density at radius 2 is 2.03 bits per heavy atom. The fourth-order valence-corrected chi connectivity index (χ4v) is 5.68. The van der Waals surface area contributed by atoms with Crippen LogP contribution in [0.3, 0.4) is 0 Å². The second kappa shape index (κ2) is 12.8. The van der Waals surface area contributed by atoms with Gasteiger partial charge in [-0.1, -0.05) is 39.0 Å². The summed E-state index contributed by atoms with van der Waals surface area (Å²) < 4.78 is 5.44. The fourth-order valence-electron chi connectivity index (χ4n) is 5.68. The molecule has 1 saturated heterocycles. The van der Waals surface area contributed by atoms with Crippen LogP contribution in [0, 0.1) is 22.7 Å². The maximum absolute atomic E-state index is 9.32. The zero-order valence-corrected chi connectivity index (χ0v) is 20.2. The van der Waals surface area contributed by atoms with Crippen LogP contribution < -0.4 is 10.1 Å². The van der Waals surface area contributed by atoms with E-state index in [-0.39, 0.29) is 0 Å². The zero-order valence-electron chi connectivity index (χ0n) is 20.2. The number of nitrogens with zero attached hydrogens (tertiary/aromatic N) is 2. The van der Waals surface area contributed by atoms with Crippen LogP contribution in [0.4, 0.5) is 0 Å². The quantitative estimate of drug-likeness (QED) is 0.350. The summed E-state index contributed by atoms with van der Waals surface area (Å²) in [6.07, 6.45) is 16.3. The lowest BCUT2D eigenvalue weighted by Crippen LogP contribution is -2.46. The number of hydrogen-bond acceptors (Lipinski definition) is 4. The molecule has 32 heavy (non-hydrogen) atoms. The molecule has 4 heteroatoms. The molecule has 0 radical (unpaired) electrons. The Bertz CT molecular complexity index is 875. The third kappa shape index (κ3) is 6.45. The first-order valence-electron chi connectivity index (χ1n) is 12.7. The van der Waals surface area contributed by atoms with Crippen molar-refractivity contribution in [3.05, 3.63) is 36.0 Å². The number of pyridine rings is 1. The van der Waals surface area contributed by atoms with Gasteiger partial charge in [-0.25, -0.2) is 0 Å². The molecule has 2 aromatic rings. The summed E-state index contributed by atoms with van der Waals surface area (Å²) in [5, 5.41) is 14.2. The Balaban J connectivity index is 1.65. The molecule has 0 unspecified atom stereocenters. The van der Waals surface area contributed by atoms with E-state index in [9.17, 15) is 5.26 Å². The third-order valence-electron chi connectivity index (χ3n) is 7.56. The number of unbranched alkanes of at least 4 members (excludes halogenated alkanes) is 4. The molecular weight excluding hydrogens is 394 g/mol. The molecule has 3 rings (SSSR count). The van der Waals surface area contributed by atoms with E-state index in [1.54, 1.807) is 7.11 Å². The molecule has 1 aromatic heterocycles. The van der Waals surface area contributed by atoms with E-state index in [0.717, 1.165) is 37.2 Å². The maximum atomic E-state index is 9.32. The molecular formula is C28H41N3O. The van der Waals surface area contributed by atoms with Gasteiger partial charge in [-0.05, 0) is 86.2 Å². The number of nitrogens with one attached hydrogen (secondary N) is 1. The Morgan fingerprint density at radius 1 is 1.16 bits per heavy atom. The molecule has 0 bridgehead atoms. The first kappa shape index (κ1) is 24.5. The third-order valence-corrected chi connectivity index (χ3v) is 7.56. The standard InChI is InChI=1S/C28H41N3O/c1-3-4-5-6-7-16-28(17-9-18-29)22-30-19-15-24(28)11-8-10-23-14-20-31-27-13-12-25(32-2)21-26(23)27/h12-14,20-21,24,30H,3-11,15-17,19,22H2,1-2H3/t24-,28+/m1/s1. The average molecular weight is 436 g/mol. The molecule has 2 heterocycles. The van der Waals surface area contributed by atoms with Crippen molar-refractivity contribution in [3.8, 4) is 11.8 Å². The predicted octanol–water partition coefficient (Wildman–Crippen LogP) is 6.83. The van der Waals surface area contributed by atoms with Gasteiger partial charge in [0.15, 0.2) is 0 Å². The maximum Gasteiger partial charge on any atom is 0.119 e. The lowest BCUT2D eigenvalue weighted by Gasteiger charge is -2.45. The summed E-state index contributed by atoms with van der Waals surface area (Å²) in [5.41, 5.74) is 2.70. The zero-order chi connectivity index (χ0) is 22.7. The highest BCUT2D eigenvalue weighted by Gasteiger charge is 2.39. The smallest absolute Gasteiger partial charge is 0.119 e. The minimum absolute atomic E-state index is 0.295. The number of hydrogen-bond donors (Lipinski definition) is 1. The first-order valence-corrected chi connectivity index (χ1v) is 12.7. The van der Waals surface area contributed by atoms with Crippen molar-refractivity contribution >= 4 is 10.9 Å². The van der Waals surface area contributed by atoms with E-state index in [0.29, 0.717) is 17.8 Å². The van der Waals surface area contributed by atoms with Crippen molar-refractivity contribution < 1.29 is 4.74 Å². The monoisotopic (exact) mass is 435 g/mol. The van der Waals surface area contributed by atoms with Crippen LogP contribution in [0.15, 0.2) is 30.5 Å². The van der Waals surface area contributed by atoms with Gasteiger partial charge in [0.05, 0.1) is 18.7 Å². The van der Waals surface area contributed by atoms with Crippen molar-refractivity contribution in [1.29, 1.82) is 5.26 Å². The van der Waals surface area contributed by atoms with Crippen LogP contribution in [0.5, 0.6) is 5.75 Å². The van der Waals surface area contributed by atoms with Gasteiger partial charge < -0.3 is 10.1 Å². The second-order valence-corrected chi connectivity index (χ2v) is 9.59. The van der Waals surface area contributed by atoms with E-state index in [2.05, 4.69) is 41.5 Å². The number of aryl methyl sites for hydroxylation is 1. The molecule has 0 aliphatic carbocycles. The SMILES string of the molecule is CCCCCCC[C@]1(CCC#N)CNCC[C@H]1CCCc1ccnc2ccc(OC)cc12. The van der Waals surface area contributed by atoms with Gasteiger partial charge in [-0.2, -0.15) is 5.26 Å². The van der Waals surface area contributed by atoms with Crippen molar-refractivity contribution in [2.75, 3.05) is 20.2 Å². The minimum Gasteiger partial charge on any atom is -0.497 e. The molecule has 174 valence electrons. The van der Waals surface area contributed by atoms with E-state index in [1.165, 1.54) is 68.7 Å². The number of fused-ring (bicyclic) bond motifs is 1. The van der Waals surface area contributed by atoms with Crippen LogP contribution in [-0.4, -0.2) is 25.2 Å². The highest BCUT2D eigenvalue weighted by Crippen LogP contribution is 2.44. The van der Waals surface area contributed by atoms with E-state index in [1.807, 2.05) is 12.3 Å². The van der Waals surface area contributed by atoms with Gasteiger partial charge in [0.25, 0.3) is 0 Å². The van der Waals surface area contributed by atoms with Crippen molar-refractivity contribution in [2.24, 2.45) is 11.3 Å². The normalized spacial score (nSPS) is 20.8. The summed E-state index contributed by atoms with van der Waals surface area (Å²) in [5.74, 6) is 1.61. The van der Waals surface area contributed by atoms with Gasteiger partial charge in [-0.3, -0.25) is 4.98 Å². The Labute approximate surface area is 194 Å². The molecule has 4 nitrogen and oxygen atoms in total. The van der Waals surface area contributed by atoms with Gasteiger partial charge in [-0.15, -0.1) is 0 Å². The van der Waals surface area contributed by atoms with Crippen molar-refractivity contribution in [1.82, 2.24) is 10.3 Å². The van der Waals surface area contributed by atoms with Gasteiger partial charge in [0.2, 0.25) is 0 Å². The number of piperidine rings is 1. The molecule has 1 fully saturated rings. The van der Waals surface area contributed by atoms with Gasteiger partial charge in [0, 0.05) is 24.5 Å². The molecule has 1 aliphatic heterocycles. The average Bonchev–Trinajstić information content (AvgIpc) is 2.83. The van der Waals surface area contributed by atoms with Gasteiger partial charge >= 0.3 is 0 Å². The fraction of sp³-hybridized carbons (Fsp3) is 0.643. The number of benzene rings is 1. The lowest BCUT2D eigenvalue weighted by atomic mass is 9.64. The summed E-state index contributed by atoms with van der Waals surface area (Å²) in [7, 11) is 1.72. The van der Waals surface area contributed by atoms with Crippen LogP contribution in [0.25, 0.3) is 10.9 Å². The summed E-state index contributed by atoms with van der Waals surface area (Å²) in [4.78, 5) is 4.53. The summed E-state index contributed by atoms with van der Waals surface area (Å²) in [6.45, 7) is 4.48. The number of methoxy groups -OCH3 is 1. The predicted molar refractivity (Wildman–Crippen MR) is 133 cm³/mol. The number of nitriles is 1. The lowest BCUT2D eigenvalue weighted by molar-refractivity contribution is 0.0774. The Kier molecular flexibility index (Phi) is 9.81. The Hall–Kier alpha value is -2.12. The first-order chi connectivity index (χ1) is 15.7. The van der Waals surface area contributed by atoms with Crippen LogP contribution in [0.1, 0.15) is 83.1 Å². The number of aromatic nitrogens is 1. The molecule has 0 saturated carbocycles. The molecule has 1 aromatic carbocycles. The molecule has 0 spiro atoms. The molecule has 0 amide bonds. The second-order valence-electron chi connectivity index (χ2n) is 9.59. The molecule has 1 aliphatic rings. The summed E-state index contributed by atoms with van der Waals surface area (Å²) in [6, 6.07) is 10.8. The molecule has 1 N–H and O–H groups in total. The van der Waals surface area contributed by atoms with Gasteiger partial charge in [0.1, 0.15) is 5.75 Å². The highest BCUT2D eigenvalue weighted by atomic mass is 16.5. The number of ether oxygens (including phenoxy) is 1. The molecule has 2 atom stereocenters. The van der Waals surface area contributed by atoms with Crippen LogP contribution >= 0.6 is 0 Å². The minimum atomic E-state index is 0.295. The van der Waals surface area contributed by atoms with Crippen LogP contribution in [0.2, 0.25) is 0 Å². The van der Waals surface area contributed by atoms with E-state index >= 15 is 0 Å². The topological polar surface area (TPSA) is 57.9 Å². The highest BCUT2D eigenvalue weighted by molar-refractivity contribution is 5.83. The summed E-state index contributed by atoms with van der Waals surface area (Å²) >= 11 is 0. The largest absolute Gasteiger partial charge is 0.497 e. The Morgan fingerprint density at radius 3 is 2.84 bits per heavy atom. The van der Waals surface area contributed by atoms with Crippen molar-refractivity contribution in [2.45, 2.75) is 84.0 Å². The number of rotatable bonds is 13. The van der Waals surface area contributed by atoms with Crippen LogP contribution in [-0.2, 0) is 6.42 Å². The van der Waals surface area contributed by atoms with E-state index < -0.39 is 0 Å². The van der Waals surface area contributed by atoms with Crippen molar-refractivity contribution in [3.63, 3.8) is 0 Å².